The highest BCUT2D eigenvalue weighted by molar-refractivity contribution is 5.64. The number of nitrogens with two attached hydrogens (primary N) is 3. The van der Waals surface area contributed by atoms with E-state index in [1.807, 2.05) is 50.2 Å². The van der Waals surface area contributed by atoms with Crippen LogP contribution in [0, 0.1) is 0 Å². The first-order chi connectivity index (χ1) is 15.6. The van der Waals surface area contributed by atoms with Gasteiger partial charge in [-0.15, -0.1) is 0 Å². The van der Waals surface area contributed by atoms with Gasteiger partial charge >= 0.3 is 0 Å². The SMILES string of the molecule is CCC(C)(O)c1ccc2c(c1)NC(N)=C(C)O2.CCC(N)c1ccc2c(c1)NC(N)=C(C)O2. The third kappa shape index (κ3) is 5.35. The predicted octanol–water partition coefficient (Wildman–Crippen LogP) is 4.30. The zero-order chi connectivity index (χ0) is 24.3. The van der Waals surface area contributed by atoms with Crippen LogP contribution in [0.15, 0.2) is 59.6 Å². The van der Waals surface area contributed by atoms with Crippen molar-refractivity contribution in [2.45, 2.75) is 59.1 Å². The fourth-order valence-electron chi connectivity index (χ4n) is 3.36. The molecule has 9 N–H and O–H groups in total. The second kappa shape index (κ2) is 9.64. The number of benzene rings is 2. The van der Waals surface area contributed by atoms with Crippen LogP contribution in [-0.4, -0.2) is 5.11 Å². The van der Waals surface area contributed by atoms with Crippen LogP contribution < -0.4 is 37.3 Å². The van der Waals surface area contributed by atoms with Crippen molar-refractivity contribution >= 4 is 11.4 Å². The molecule has 2 heterocycles. The number of aliphatic hydroxyl groups is 1. The lowest BCUT2D eigenvalue weighted by atomic mass is 9.93. The second-order valence-electron chi connectivity index (χ2n) is 8.50. The summed E-state index contributed by atoms with van der Waals surface area (Å²) in [6, 6.07) is 11.5. The molecular weight excluding hydrogens is 418 g/mol. The number of anilines is 2. The summed E-state index contributed by atoms with van der Waals surface area (Å²) >= 11 is 0. The third-order valence-corrected chi connectivity index (χ3v) is 5.98. The van der Waals surface area contributed by atoms with E-state index in [-0.39, 0.29) is 6.04 Å². The van der Waals surface area contributed by atoms with Crippen LogP contribution in [0.2, 0.25) is 0 Å². The van der Waals surface area contributed by atoms with Crippen LogP contribution in [0.3, 0.4) is 0 Å². The Hall–Kier alpha value is -3.36. The topological polar surface area (TPSA) is 141 Å². The molecule has 8 nitrogen and oxygen atoms in total. The number of ether oxygens (including phenoxy) is 2. The fraction of sp³-hybridized carbons (Fsp3) is 0.360. The van der Waals surface area contributed by atoms with E-state index in [0.29, 0.717) is 29.6 Å². The first kappa shape index (κ1) is 24.3. The molecule has 0 radical (unpaired) electrons. The summed E-state index contributed by atoms with van der Waals surface area (Å²) < 4.78 is 11.1. The summed E-state index contributed by atoms with van der Waals surface area (Å²) in [5.41, 5.74) is 20.3. The van der Waals surface area contributed by atoms with E-state index in [2.05, 4.69) is 17.6 Å². The Morgan fingerprint density at radius 3 is 1.94 bits per heavy atom. The van der Waals surface area contributed by atoms with E-state index in [9.17, 15) is 5.11 Å². The molecule has 0 fully saturated rings. The molecule has 4 rings (SSSR count). The maximum Gasteiger partial charge on any atom is 0.150 e. The van der Waals surface area contributed by atoms with Crippen LogP contribution in [0.5, 0.6) is 11.5 Å². The van der Waals surface area contributed by atoms with Crippen molar-refractivity contribution in [2.75, 3.05) is 10.6 Å². The summed E-state index contributed by atoms with van der Waals surface area (Å²) in [4.78, 5) is 0. The van der Waals surface area contributed by atoms with Crippen molar-refractivity contribution in [3.05, 3.63) is 70.7 Å². The van der Waals surface area contributed by atoms with E-state index in [4.69, 9.17) is 26.7 Å². The second-order valence-corrected chi connectivity index (χ2v) is 8.50. The first-order valence-corrected chi connectivity index (χ1v) is 11.1. The van der Waals surface area contributed by atoms with Gasteiger partial charge in [-0.1, -0.05) is 26.0 Å². The van der Waals surface area contributed by atoms with Crippen molar-refractivity contribution in [1.29, 1.82) is 0 Å². The number of allylic oxidation sites excluding steroid dienone is 2. The quantitative estimate of drug-likeness (QED) is 0.402. The van der Waals surface area contributed by atoms with Gasteiger partial charge in [0.1, 0.15) is 23.2 Å². The lowest BCUT2D eigenvalue weighted by Crippen LogP contribution is -2.22. The Bertz CT molecular complexity index is 1090. The molecular formula is C25H35N5O3. The molecule has 2 aromatic rings. The average molecular weight is 454 g/mol. The third-order valence-electron chi connectivity index (χ3n) is 5.98. The highest BCUT2D eigenvalue weighted by Crippen LogP contribution is 2.36. The van der Waals surface area contributed by atoms with Gasteiger partial charge in [0.05, 0.1) is 17.0 Å². The van der Waals surface area contributed by atoms with Gasteiger partial charge in [0.15, 0.2) is 11.5 Å². The minimum atomic E-state index is -0.832. The Morgan fingerprint density at radius 2 is 1.42 bits per heavy atom. The van der Waals surface area contributed by atoms with Crippen molar-refractivity contribution in [3.8, 4) is 11.5 Å². The van der Waals surface area contributed by atoms with Gasteiger partial charge in [0.2, 0.25) is 0 Å². The standard InChI is InChI=1S/C13H18N2O2.C12H17N3O/c1-4-13(3,16)9-5-6-11-10(7-9)15-12(14)8(2)17-11;1-3-9(13)8-4-5-11-10(6-8)15-12(14)7(2)16-11/h5-7,15-16H,4,14H2,1-3H3;4-6,9,15H,3,13-14H2,1-2H3. The minimum absolute atomic E-state index is 0.0559. The number of nitrogens with one attached hydrogen (secondary N) is 2. The first-order valence-electron chi connectivity index (χ1n) is 11.1. The molecule has 2 atom stereocenters. The lowest BCUT2D eigenvalue weighted by Gasteiger charge is -2.26. The van der Waals surface area contributed by atoms with Crippen molar-refractivity contribution in [2.24, 2.45) is 17.2 Å². The summed E-state index contributed by atoms with van der Waals surface area (Å²) in [5, 5.41) is 16.4. The highest BCUT2D eigenvalue weighted by atomic mass is 16.5. The maximum atomic E-state index is 10.2. The number of hydrogen-bond acceptors (Lipinski definition) is 8. The van der Waals surface area contributed by atoms with Crippen LogP contribution in [0.25, 0.3) is 0 Å². The molecule has 33 heavy (non-hydrogen) atoms. The monoisotopic (exact) mass is 453 g/mol. The maximum absolute atomic E-state index is 10.2. The Balaban J connectivity index is 0.000000186. The van der Waals surface area contributed by atoms with E-state index in [1.54, 1.807) is 13.8 Å². The van der Waals surface area contributed by atoms with Crippen LogP contribution in [0.4, 0.5) is 11.4 Å². The smallest absolute Gasteiger partial charge is 0.150 e. The van der Waals surface area contributed by atoms with E-state index in [1.165, 1.54) is 0 Å². The lowest BCUT2D eigenvalue weighted by molar-refractivity contribution is 0.0531. The van der Waals surface area contributed by atoms with Crippen LogP contribution >= 0.6 is 0 Å². The number of fused-ring (bicyclic) bond motifs is 2. The van der Waals surface area contributed by atoms with Gasteiger partial charge in [0, 0.05) is 6.04 Å². The molecule has 0 aromatic heterocycles. The van der Waals surface area contributed by atoms with Gasteiger partial charge in [-0.25, -0.2) is 0 Å². The zero-order valence-electron chi connectivity index (χ0n) is 20.0. The molecule has 0 aliphatic carbocycles. The van der Waals surface area contributed by atoms with E-state index in [0.717, 1.165) is 40.4 Å². The van der Waals surface area contributed by atoms with Crippen molar-refractivity contribution in [1.82, 2.24) is 0 Å². The highest BCUT2D eigenvalue weighted by Gasteiger charge is 2.23. The van der Waals surface area contributed by atoms with E-state index < -0.39 is 5.60 Å². The van der Waals surface area contributed by atoms with Crippen molar-refractivity contribution < 1.29 is 14.6 Å². The van der Waals surface area contributed by atoms with Crippen molar-refractivity contribution in [3.63, 3.8) is 0 Å². The average Bonchev–Trinajstić information content (AvgIpc) is 2.80. The zero-order valence-corrected chi connectivity index (χ0v) is 20.0. The molecule has 0 bridgehead atoms. The molecule has 8 heteroatoms. The van der Waals surface area contributed by atoms with Gasteiger partial charge in [-0.3, -0.25) is 0 Å². The number of hydrogen-bond donors (Lipinski definition) is 6. The summed E-state index contributed by atoms with van der Waals surface area (Å²) in [7, 11) is 0. The molecule has 0 saturated heterocycles. The Morgan fingerprint density at radius 1 is 0.909 bits per heavy atom. The predicted molar refractivity (Wildman–Crippen MR) is 132 cm³/mol. The van der Waals surface area contributed by atoms with Gasteiger partial charge in [-0.05, 0) is 69.0 Å². The van der Waals surface area contributed by atoms with Gasteiger partial charge < -0.3 is 42.4 Å². The van der Waals surface area contributed by atoms with E-state index >= 15 is 0 Å². The molecule has 0 spiro atoms. The normalized spacial score (nSPS) is 17.1. The molecule has 2 aliphatic rings. The minimum Gasteiger partial charge on any atom is -0.456 e. The fourth-order valence-corrected chi connectivity index (χ4v) is 3.36. The molecule has 2 aliphatic heterocycles. The Labute approximate surface area is 195 Å². The van der Waals surface area contributed by atoms with Gasteiger partial charge in [-0.2, -0.15) is 0 Å². The largest absolute Gasteiger partial charge is 0.456 e. The molecule has 178 valence electrons. The van der Waals surface area contributed by atoms with Crippen LogP contribution in [0.1, 0.15) is 64.6 Å². The Kier molecular flexibility index (Phi) is 7.09. The molecule has 0 amide bonds. The summed E-state index contributed by atoms with van der Waals surface area (Å²) in [6.45, 7) is 9.44. The number of rotatable bonds is 4. The molecule has 2 aromatic carbocycles. The molecule has 2 unspecified atom stereocenters. The molecule has 0 saturated carbocycles. The van der Waals surface area contributed by atoms with Crippen LogP contribution in [-0.2, 0) is 5.60 Å². The van der Waals surface area contributed by atoms with Gasteiger partial charge in [0.25, 0.3) is 0 Å². The summed E-state index contributed by atoms with van der Waals surface area (Å²) in [6.07, 6.45) is 1.56. The summed E-state index contributed by atoms with van der Waals surface area (Å²) in [5.74, 6) is 3.93.